The topological polar surface area (TPSA) is 68.4 Å². The van der Waals surface area contributed by atoms with Gasteiger partial charge in [0.15, 0.2) is 0 Å². The molecule has 0 aliphatic rings. The lowest BCUT2D eigenvalue weighted by atomic mass is 10.1. The second kappa shape index (κ2) is 5.86. The normalized spacial score (nSPS) is 11.2. The lowest BCUT2D eigenvalue weighted by Gasteiger charge is -2.08. The number of likely N-dealkylation sites (N-methyl/N-ethyl adjacent to an activating group) is 1. The Morgan fingerprint density at radius 3 is 2.89 bits per heavy atom. The standard InChI is InChI=1S/C14H19N3O2/c1-17(2)6-5-11-8-15-13-4-3-10(7-12(11)13)14(19)16-9-18/h3-4,7-8,15,18H,5-6,9H2,1-2H3,(H,16,19). The highest BCUT2D eigenvalue weighted by molar-refractivity contribution is 5.98. The number of amides is 1. The van der Waals surface area contributed by atoms with Gasteiger partial charge in [0, 0.05) is 29.2 Å². The smallest absolute Gasteiger partial charge is 0.253 e. The molecule has 0 atom stereocenters. The summed E-state index contributed by atoms with van der Waals surface area (Å²) in [6.45, 7) is 0.609. The molecule has 102 valence electrons. The fourth-order valence-electron chi connectivity index (χ4n) is 2.04. The number of rotatable bonds is 5. The number of nitrogens with zero attached hydrogens (tertiary/aromatic N) is 1. The van der Waals surface area contributed by atoms with E-state index in [0.717, 1.165) is 23.9 Å². The lowest BCUT2D eigenvalue weighted by Crippen LogP contribution is -2.23. The molecule has 5 heteroatoms. The summed E-state index contributed by atoms with van der Waals surface area (Å²) in [6, 6.07) is 5.50. The molecule has 0 bridgehead atoms. The first-order valence-electron chi connectivity index (χ1n) is 6.25. The van der Waals surface area contributed by atoms with Crippen LogP contribution in [0.15, 0.2) is 24.4 Å². The third kappa shape index (κ3) is 3.13. The van der Waals surface area contributed by atoms with Crippen LogP contribution in [0.5, 0.6) is 0 Å². The van der Waals surface area contributed by atoms with Crippen LogP contribution in [-0.2, 0) is 6.42 Å². The maximum Gasteiger partial charge on any atom is 0.253 e. The van der Waals surface area contributed by atoms with Crippen LogP contribution >= 0.6 is 0 Å². The first kappa shape index (κ1) is 13.6. The molecular weight excluding hydrogens is 242 g/mol. The van der Waals surface area contributed by atoms with Crippen LogP contribution < -0.4 is 5.32 Å². The van der Waals surface area contributed by atoms with Gasteiger partial charge in [-0.25, -0.2) is 0 Å². The molecule has 0 aliphatic carbocycles. The fourth-order valence-corrected chi connectivity index (χ4v) is 2.04. The third-order valence-corrected chi connectivity index (χ3v) is 3.10. The fraction of sp³-hybridized carbons (Fsp3) is 0.357. The Hall–Kier alpha value is -1.85. The van der Waals surface area contributed by atoms with Crippen LogP contribution in [0.2, 0.25) is 0 Å². The number of carbonyl (C=O) groups is 1. The molecular formula is C14H19N3O2. The maximum absolute atomic E-state index is 11.7. The summed E-state index contributed by atoms with van der Waals surface area (Å²) in [5.41, 5.74) is 2.78. The van der Waals surface area contributed by atoms with Gasteiger partial charge in [0.05, 0.1) is 0 Å². The van der Waals surface area contributed by atoms with Crippen molar-refractivity contribution in [1.29, 1.82) is 0 Å². The lowest BCUT2D eigenvalue weighted by molar-refractivity contribution is 0.0910. The van der Waals surface area contributed by atoms with Crippen molar-refractivity contribution in [3.05, 3.63) is 35.5 Å². The zero-order chi connectivity index (χ0) is 13.8. The summed E-state index contributed by atoms with van der Waals surface area (Å²) in [5, 5.41) is 12.2. The van der Waals surface area contributed by atoms with Gasteiger partial charge in [-0.3, -0.25) is 4.79 Å². The van der Waals surface area contributed by atoms with Gasteiger partial charge >= 0.3 is 0 Å². The van der Waals surface area contributed by atoms with Crippen molar-refractivity contribution in [3.63, 3.8) is 0 Å². The van der Waals surface area contributed by atoms with Crippen LogP contribution in [0.1, 0.15) is 15.9 Å². The van der Waals surface area contributed by atoms with E-state index in [1.165, 1.54) is 5.56 Å². The molecule has 0 saturated heterocycles. The van der Waals surface area contributed by atoms with Crippen LogP contribution in [-0.4, -0.2) is 48.3 Å². The summed E-state index contributed by atoms with van der Waals surface area (Å²) in [5.74, 6) is -0.260. The van der Waals surface area contributed by atoms with Gasteiger partial charge in [0.1, 0.15) is 6.73 Å². The Balaban J connectivity index is 2.29. The molecule has 1 aromatic heterocycles. The van der Waals surface area contributed by atoms with Gasteiger partial charge in [-0.1, -0.05) is 0 Å². The molecule has 1 aromatic carbocycles. The number of fused-ring (bicyclic) bond motifs is 1. The molecule has 0 radical (unpaired) electrons. The largest absolute Gasteiger partial charge is 0.376 e. The second-order valence-corrected chi connectivity index (χ2v) is 4.79. The number of aromatic amines is 1. The number of aliphatic hydroxyl groups excluding tert-OH is 1. The predicted molar refractivity (Wildman–Crippen MR) is 75.1 cm³/mol. The van der Waals surface area contributed by atoms with E-state index < -0.39 is 0 Å². The second-order valence-electron chi connectivity index (χ2n) is 4.79. The molecule has 1 amide bonds. The van der Waals surface area contributed by atoms with Crippen molar-refractivity contribution in [2.24, 2.45) is 0 Å². The molecule has 0 unspecified atom stereocenters. The number of aliphatic hydroxyl groups is 1. The van der Waals surface area contributed by atoms with Crippen molar-refractivity contribution in [1.82, 2.24) is 15.2 Å². The minimum Gasteiger partial charge on any atom is -0.376 e. The van der Waals surface area contributed by atoms with Crippen molar-refractivity contribution in [2.75, 3.05) is 27.4 Å². The number of H-pyrrole nitrogens is 1. The third-order valence-electron chi connectivity index (χ3n) is 3.10. The molecule has 19 heavy (non-hydrogen) atoms. The number of carbonyl (C=O) groups excluding carboxylic acids is 1. The summed E-state index contributed by atoms with van der Waals surface area (Å²) in [7, 11) is 4.07. The number of benzene rings is 1. The Labute approximate surface area is 112 Å². The van der Waals surface area contributed by atoms with Crippen molar-refractivity contribution in [2.45, 2.75) is 6.42 Å². The Morgan fingerprint density at radius 2 is 2.21 bits per heavy atom. The highest BCUT2D eigenvalue weighted by atomic mass is 16.3. The number of hydrogen-bond donors (Lipinski definition) is 3. The first-order chi connectivity index (χ1) is 9.11. The molecule has 5 nitrogen and oxygen atoms in total. The molecule has 0 spiro atoms. The quantitative estimate of drug-likeness (QED) is 0.702. The van der Waals surface area contributed by atoms with E-state index >= 15 is 0 Å². The highest BCUT2D eigenvalue weighted by Gasteiger charge is 2.09. The van der Waals surface area contributed by atoms with Gasteiger partial charge in [-0.15, -0.1) is 0 Å². The Bertz CT molecular complexity index is 575. The maximum atomic E-state index is 11.7. The minimum absolute atomic E-state index is 0.260. The van der Waals surface area contributed by atoms with E-state index in [1.54, 1.807) is 6.07 Å². The molecule has 3 N–H and O–H groups in total. The van der Waals surface area contributed by atoms with Crippen molar-refractivity contribution >= 4 is 16.8 Å². The first-order valence-corrected chi connectivity index (χ1v) is 6.25. The van der Waals surface area contributed by atoms with Gasteiger partial charge < -0.3 is 20.3 Å². The van der Waals surface area contributed by atoms with Crippen LogP contribution in [0.25, 0.3) is 10.9 Å². The van der Waals surface area contributed by atoms with Gasteiger partial charge in [0.2, 0.25) is 0 Å². The minimum atomic E-state index is -0.350. The van der Waals surface area contributed by atoms with Crippen molar-refractivity contribution < 1.29 is 9.90 Å². The van der Waals surface area contributed by atoms with E-state index in [-0.39, 0.29) is 12.6 Å². The summed E-state index contributed by atoms with van der Waals surface area (Å²) in [4.78, 5) is 17.0. The van der Waals surface area contributed by atoms with Crippen molar-refractivity contribution in [3.8, 4) is 0 Å². The van der Waals surface area contributed by atoms with Crippen LogP contribution in [0.4, 0.5) is 0 Å². The van der Waals surface area contributed by atoms with E-state index in [1.807, 2.05) is 32.4 Å². The number of nitrogens with one attached hydrogen (secondary N) is 2. The highest BCUT2D eigenvalue weighted by Crippen LogP contribution is 2.20. The van der Waals surface area contributed by atoms with Gasteiger partial charge in [-0.2, -0.15) is 0 Å². The number of aromatic nitrogens is 1. The average molecular weight is 261 g/mol. The van der Waals surface area contributed by atoms with Gasteiger partial charge in [-0.05, 0) is 44.3 Å². The Morgan fingerprint density at radius 1 is 1.42 bits per heavy atom. The molecule has 2 rings (SSSR count). The molecule has 0 aliphatic heterocycles. The van der Waals surface area contributed by atoms with Crippen LogP contribution in [0, 0.1) is 0 Å². The van der Waals surface area contributed by atoms with E-state index in [9.17, 15) is 4.79 Å². The number of hydrogen-bond acceptors (Lipinski definition) is 3. The molecule has 0 fully saturated rings. The summed E-state index contributed by atoms with van der Waals surface area (Å²) in [6.07, 6.45) is 2.92. The molecule has 2 aromatic rings. The molecule has 0 saturated carbocycles. The monoisotopic (exact) mass is 261 g/mol. The van der Waals surface area contributed by atoms with E-state index in [4.69, 9.17) is 5.11 Å². The zero-order valence-corrected chi connectivity index (χ0v) is 11.2. The predicted octanol–water partition coefficient (Wildman–Crippen LogP) is 0.952. The van der Waals surface area contributed by atoms with E-state index in [0.29, 0.717) is 5.56 Å². The zero-order valence-electron chi connectivity index (χ0n) is 11.2. The van der Waals surface area contributed by atoms with E-state index in [2.05, 4.69) is 15.2 Å². The Kier molecular flexibility index (Phi) is 4.19. The van der Waals surface area contributed by atoms with Gasteiger partial charge in [0.25, 0.3) is 5.91 Å². The average Bonchev–Trinajstić information content (AvgIpc) is 2.78. The summed E-state index contributed by atoms with van der Waals surface area (Å²) < 4.78 is 0. The molecule has 1 heterocycles. The summed E-state index contributed by atoms with van der Waals surface area (Å²) >= 11 is 0. The van der Waals surface area contributed by atoms with Crippen LogP contribution in [0.3, 0.4) is 0 Å². The SMILES string of the molecule is CN(C)CCc1c[nH]c2ccc(C(=O)NCO)cc12.